The maximum atomic E-state index is 12.3. The van der Waals surface area contributed by atoms with Gasteiger partial charge in [0, 0.05) is 38.6 Å². The Morgan fingerprint density at radius 1 is 1.24 bits per heavy atom. The summed E-state index contributed by atoms with van der Waals surface area (Å²) in [5.41, 5.74) is 0. The second-order valence-corrected chi connectivity index (χ2v) is 6.26. The molecule has 3 nitrogen and oxygen atoms in total. The fraction of sp³-hybridized carbons (Fsp3) is 0.933. The first-order chi connectivity index (χ1) is 9.90. The zero-order valence-corrected chi connectivity index (χ0v) is 12.7. The van der Waals surface area contributed by atoms with Crippen LogP contribution in [0.15, 0.2) is 0 Å². The smallest absolute Gasteiger partial charge is 0.339 e. The number of rotatable bonds is 5. The molecule has 21 heavy (non-hydrogen) atoms. The van der Waals surface area contributed by atoms with Gasteiger partial charge in [-0.25, -0.2) is 0 Å². The highest BCUT2D eigenvalue weighted by molar-refractivity contribution is 5.77. The van der Waals surface area contributed by atoms with E-state index in [-0.39, 0.29) is 18.5 Å². The minimum absolute atomic E-state index is 0.0929. The first-order valence-corrected chi connectivity index (χ1v) is 7.99. The van der Waals surface area contributed by atoms with E-state index in [0.29, 0.717) is 25.4 Å². The molecule has 0 aliphatic carbocycles. The molecule has 0 spiro atoms. The largest absolute Gasteiger partial charge is 0.390 e. The predicted molar refractivity (Wildman–Crippen MR) is 74.9 cm³/mol. The molecule has 0 unspecified atom stereocenters. The lowest BCUT2D eigenvalue weighted by molar-refractivity contribution is -0.144. The van der Waals surface area contributed by atoms with Crippen LogP contribution in [0.3, 0.4) is 0 Å². The van der Waals surface area contributed by atoms with Gasteiger partial charge in [0.25, 0.3) is 0 Å². The summed E-state index contributed by atoms with van der Waals surface area (Å²) in [6, 6.07) is 0.250. The van der Waals surface area contributed by atoms with E-state index in [1.54, 1.807) is 0 Å². The molecule has 2 aliphatic heterocycles. The van der Waals surface area contributed by atoms with Crippen molar-refractivity contribution in [3.63, 3.8) is 0 Å². The maximum absolute atomic E-state index is 12.3. The molecule has 2 fully saturated rings. The molecule has 0 saturated carbocycles. The number of carbonyl (C=O) groups is 1. The first kappa shape index (κ1) is 16.6. The van der Waals surface area contributed by atoms with Crippen LogP contribution in [0.1, 0.15) is 45.4 Å². The quantitative estimate of drug-likeness (QED) is 0.779. The maximum Gasteiger partial charge on any atom is 0.390 e. The lowest BCUT2D eigenvalue weighted by Gasteiger charge is -2.47. The third-order valence-electron chi connectivity index (χ3n) is 4.69. The molecule has 0 aromatic carbocycles. The number of unbranched alkanes of at least 4 members (excludes halogenated alkanes) is 1. The lowest BCUT2D eigenvalue weighted by Crippen LogP contribution is -2.56. The Kier molecular flexibility index (Phi) is 5.52. The lowest BCUT2D eigenvalue weighted by atomic mass is 9.83. The topological polar surface area (TPSA) is 23.6 Å². The molecular formula is C15H25F3N2O. The van der Waals surface area contributed by atoms with Crippen molar-refractivity contribution >= 4 is 5.91 Å². The van der Waals surface area contributed by atoms with Crippen molar-refractivity contribution in [3.05, 3.63) is 0 Å². The molecule has 122 valence electrons. The summed E-state index contributed by atoms with van der Waals surface area (Å²) < 4.78 is 37.0. The third-order valence-corrected chi connectivity index (χ3v) is 4.69. The van der Waals surface area contributed by atoms with Gasteiger partial charge in [-0.2, -0.15) is 13.2 Å². The van der Waals surface area contributed by atoms with Gasteiger partial charge in [0.15, 0.2) is 0 Å². The van der Waals surface area contributed by atoms with Gasteiger partial charge in [-0.05, 0) is 25.2 Å². The fourth-order valence-electron chi connectivity index (χ4n) is 3.53. The van der Waals surface area contributed by atoms with Gasteiger partial charge in [0.1, 0.15) is 0 Å². The van der Waals surface area contributed by atoms with E-state index in [1.165, 1.54) is 0 Å². The summed E-state index contributed by atoms with van der Waals surface area (Å²) in [5, 5.41) is 0. The highest BCUT2D eigenvalue weighted by Gasteiger charge is 2.39. The predicted octanol–water partition coefficient (Wildman–Crippen LogP) is 3.05. The summed E-state index contributed by atoms with van der Waals surface area (Å²) in [6.45, 7) is 4.38. The number of nitrogens with zero attached hydrogens (tertiary/aromatic N) is 2. The molecule has 1 amide bonds. The number of hydrogen-bond acceptors (Lipinski definition) is 2. The Bertz CT molecular complexity index is 359. The molecule has 2 rings (SSSR count). The van der Waals surface area contributed by atoms with Crippen LogP contribution in [0, 0.1) is 5.92 Å². The number of fused-ring (bicyclic) bond motifs is 1. The van der Waals surface area contributed by atoms with E-state index in [1.807, 2.05) is 9.80 Å². The van der Waals surface area contributed by atoms with E-state index in [2.05, 4.69) is 6.92 Å². The van der Waals surface area contributed by atoms with Crippen LogP contribution in [0.25, 0.3) is 0 Å². The summed E-state index contributed by atoms with van der Waals surface area (Å²) in [7, 11) is 0. The number of carbonyl (C=O) groups excluding carboxylic acids is 1. The summed E-state index contributed by atoms with van der Waals surface area (Å²) in [5.74, 6) is 0.579. The second-order valence-electron chi connectivity index (χ2n) is 6.26. The van der Waals surface area contributed by atoms with Crippen LogP contribution >= 0.6 is 0 Å². The Morgan fingerprint density at radius 2 is 2.00 bits per heavy atom. The Hall–Kier alpha value is -0.780. The molecular weight excluding hydrogens is 281 g/mol. The first-order valence-electron chi connectivity index (χ1n) is 7.99. The number of alkyl halides is 3. The normalized spacial score (nSPS) is 27.8. The monoisotopic (exact) mass is 306 g/mol. The third kappa shape index (κ3) is 4.59. The average molecular weight is 306 g/mol. The minimum atomic E-state index is -4.08. The number of likely N-dealkylation sites (tertiary alicyclic amines) is 2. The van der Waals surface area contributed by atoms with Crippen LogP contribution in [0.5, 0.6) is 0 Å². The summed E-state index contributed by atoms with van der Waals surface area (Å²) in [4.78, 5) is 16.0. The molecule has 0 N–H and O–H groups in total. The molecule has 0 aromatic rings. The van der Waals surface area contributed by atoms with Crippen molar-refractivity contribution < 1.29 is 18.0 Å². The van der Waals surface area contributed by atoms with Gasteiger partial charge in [-0.15, -0.1) is 0 Å². The molecule has 0 bridgehead atoms. The second kappa shape index (κ2) is 6.99. The Labute approximate surface area is 124 Å². The average Bonchev–Trinajstić information content (AvgIpc) is 2.43. The van der Waals surface area contributed by atoms with E-state index in [9.17, 15) is 18.0 Å². The molecule has 2 atom stereocenters. The van der Waals surface area contributed by atoms with Gasteiger partial charge in [0.2, 0.25) is 5.91 Å². The highest BCUT2D eigenvalue weighted by atomic mass is 19.4. The summed E-state index contributed by atoms with van der Waals surface area (Å²) >= 11 is 0. The van der Waals surface area contributed by atoms with E-state index in [4.69, 9.17) is 0 Å². The van der Waals surface area contributed by atoms with Crippen LogP contribution in [-0.2, 0) is 4.79 Å². The standard InChI is InChI=1S/C15H25F3N2O/c1-2-3-8-20-13-6-9-19(10-7-15(16,17)18)11-12(13)4-5-14(20)21/h12-13H,2-11H2,1H3/t12-,13+/m0/s1. The van der Waals surface area contributed by atoms with E-state index < -0.39 is 12.6 Å². The molecule has 2 saturated heterocycles. The zero-order chi connectivity index (χ0) is 15.5. The van der Waals surface area contributed by atoms with E-state index in [0.717, 1.165) is 32.2 Å². The Balaban J connectivity index is 1.88. The van der Waals surface area contributed by atoms with Crippen molar-refractivity contribution in [1.29, 1.82) is 0 Å². The SMILES string of the molecule is CCCCN1C(=O)CC[C@H]2CN(CCC(F)(F)F)CC[C@H]21. The van der Waals surface area contributed by atoms with Crippen molar-refractivity contribution in [2.45, 2.75) is 57.7 Å². The van der Waals surface area contributed by atoms with Crippen molar-refractivity contribution in [1.82, 2.24) is 9.80 Å². The minimum Gasteiger partial charge on any atom is -0.339 e. The van der Waals surface area contributed by atoms with Crippen LogP contribution < -0.4 is 0 Å². The molecule has 2 heterocycles. The molecule has 6 heteroatoms. The van der Waals surface area contributed by atoms with Gasteiger partial charge in [-0.1, -0.05) is 13.3 Å². The fourth-order valence-corrected chi connectivity index (χ4v) is 3.53. The number of halogens is 3. The van der Waals surface area contributed by atoms with Crippen LogP contribution in [0.4, 0.5) is 13.2 Å². The molecule has 0 radical (unpaired) electrons. The van der Waals surface area contributed by atoms with Crippen LogP contribution in [0.2, 0.25) is 0 Å². The van der Waals surface area contributed by atoms with Crippen molar-refractivity contribution in [2.24, 2.45) is 5.92 Å². The van der Waals surface area contributed by atoms with Gasteiger partial charge in [0.05, 0.1) is 6.42 Å². The number of amides is 1. The van der Waals surface area contributed by atoms with Crippen molar-refractivity contribution in [3.8, 4) is 0 Å². The van der Waals surface area contributed by atoms with Crippen LogP contribution in [-0.4, -0.2) is 54.1 Å². The van der Waals surface area contributed by atoms with Crippen molar-refractivity contribution in [2.75, 3.05) is 26.2 Å². The summed E-state index contributed by atoms with van der Waals surface area (Å²) in [6.07, 6.45) is -0.550. The van der Waals surface area contributed by atoms with Gasteiger partial charge < -0.3 is 9.80 Å². The highest BCUT2D eigenvalue weighted by Crippen LogP contribution is 2.32. The Morgan fingerprint density at radius 3 is 2.67 bits per heavy atom. The molecule has 0 aromatic heterocycles. The molecule has 2 aliphatic rings. The van der Waals surface area contributed by atoms with Gasteiger partial charge in [-0.3, -0.25) is 4.79 Å². The van der Waals surface area contributed by atoms with E-state index >= 15 is 0 Å². The zero-order valence-electron chi connectivity index (χ0n) is 12.7. The number of hydrogen-bond donors (Lipinski definition) is 0. The van der Waals surface area contributed by atoms with Gasteiger partial charge >= 0.3 is 6.18 Å². The number of piperidine rings is 2.